The molecule has 0 aromatic heterocycles. The molecule has 3 N–H and O–H groups in total. The number of hydrogen-bond acceptors (Lipinski definition) is 3. The molecular formula is C11H20F2N2O2. The van der Waals surface area contributed by atoms with Crippen LogP contribution in [0.5, 0.6) is 0 Å². The average molecular weight is 250 g/mol. The molecule has 1 amide bonds. The number of nitrogens with two attached hydrogens (primary N) is 1. The van der Waals surface area contributed by atoms with E-state index in [1.807, 2.05) is 6.92 Å². The maximum absolute atomic E-state index is 12.7. The Morgan fingerprint density at radius 1 is 1.53 bits per heavy atom. The number of ether oxygens (including phenoxy) is 1. The third-order valence-electron chi connectivity index (χ3n) is 2.91. The van der Waals surface area contributed by atoms with E-state index in [-0.39, 0.29) is 17.9 Å². The fraction of sp³-hybridized carbons (Fsp3) is 0.909. The zero-order chi connectivity index (χ0) is 12.9. The van der Waals surface area contributed by atoms with Gasteiger partial charge in [-0.3, -0.25) is 4.79 Å². The summed E-state index contributed by atoms with van der Waals surface area (Å²) in [7, 11) is 0. The summed E-state index contributed by atoms with van der Waals surface area (Å²) in [5.74, 6) is -3.08. The zero-order valence-electron chi connectivity index (χ0n) is 10.0. The standard InChI is InChI=1S/C11H20F2N2O2/c1-2-17-9-3-8(4-9)5-10(16)15-7-11(12,13)6-14/h8-9H,2-7,14H2,1H3,(H,15,16). The average Bonchev–Trinajstić information content (AvgIpc) is 2.24. The van der Waals surface area contributed by atoms with Gasteiger partial charge in [-0.15, -0.1) is 0 Å². The Labute approximate surface area is 99.9 Å². The summed E-state index contributed by atoms with van der Waals surface area (Å²) in [4.78, 5) is 11.3. The number of alkyl halides is 2. The van der Waals surface area contributed by atoms with E-state index in [0.29, 0.717) is 13.0 Å². The van der Waals surface area contributed by atoms with Gasteiger partial charge in [-0.25, -0.2) is 8.78 Å². The fourth-order valence-electron chi connectivity index (χ4n) is 1.85. The van der Waals surface area contributed by atoms with Crippen molar-refractivity contribution >= 4 is 5.91 Å². The smallest absolute Gasteiger partial charge is 0.277 e. The van der Waals surface area contributed by atoms with Gasteiger partial charge in [-0.2, -0.15) is 0 Å². The number of amides is 1. The van der Waals surface area contributed by atoms with Crippen molar-refractivity contribution in [3.8, 4) is 0 Å². The molecule has 0 aromatic carbocycles. The Kier molecular flexibility index (Phi) is 5.27. The van der Waals surface area contributed by atoms with E-state index in [0.717, 1.165) is 12.8 Å². The highest BCUT2D eigenvalue weighted by atomic mass is 19.3. The molecule has 0 unspecified atom stereocenters. The Balaban J connectivity index is 2.11. The lowest BCUT2D eigenvalue weighted by Crippen LogP contribution is -2.43. The highest BCUT2D eigenvalue weighted by molar-refractivity contribution is 5.76. The Bertz CT molecular complexity index is 256. The highest BCUT2D eigenvalue weighted by Crippen LogP contribution is 2.32. The number of carbonyl (C=O) groups excluding carboxylic acids is 1. The van der Waals surface area contributed by atoms with Gasteiger partial charge in [-0.1, -0.05) is 0 Å². The van der Waals surface area contributed by atoms with Crippen LogP contribution in [-0.4, -0.2) is 37.6 Å². The summed E-state index contributed by atoms with van der Waals surface area (Å²) in [5.41, 5.74) is 4.86. The first-order valence-corrected chi connectivity index (χ1v) is 5.93. The molecule has 0 spiro atoms. The van der Waals surface area contributed by atoms with Gasteiger partial charge in [0.1, 0.15) is 0 Å². The Morgan fingerprint density at radius 3 is 2.71 bits per heavy atom. The molecule has 1 fully saturated rings. The molecule has 0 radical (unpaired) electrons. The van der Waals surface area contributed by atoms with E-state index in [4.69, 9.17) is 10.5 Å². The largest absolute Gasteiger partial charge is 0.378 e. The molecular weight excluding hydrogens is 230 g/mol. The maximum Gasteiger partial charge on any atom is 0.277 e. The molecule has 1 aliphatic rings. The lowest BCUT2D eigenvalue weighted by molar-refractivity contribution is -0.126. The predicted octanol–water partition coefficient (Wildman–Crippen LogP) is 0.902. The molecule has 17 heavy (non-hydrogen) atoms. The van der Waals surface area contributed by atoms with Crippen LogP contribution in [0.1, 0.15) is 26.2 Å². The van der Waals surface area contributed by atoms with Crippen molar-refractivity contribution in [1.82, 2.24) is 5.32 Å². The van der Waals surface area contributed by atoms with Crippen molar-refractivity contribution in [1.29, 1.82) is 0 Å². The van der Waals surface area contributed by atoms with Gasteiger partial charge >= 0.3 is 0 Å². The topological polar surface area (TPSA) is 64.3 Å². The van der Waals surface area contributed by atoms with Gasteiger partial charge < -0.3 is 15.8 Å². The van der Waals surface area contributed by atoms with Crippen LogP contribution in [0.3, 0.4) is 0 Å². The van der Waals surface area contributed by atoms with Crippen LogP contribution >= 0.6 is 0 Å². The van der Waals surface area contributed by atoms with Crippen molar-refractivity contribution in [2.45, 2.75) is 38.2 Å². The predicted molar refractivity (Wildman–Crippen MR) is 59.8 cm³/mol. The first-order valence-electron chi connectivity index (χ1n) is 5.93. The molecule has 0 saturated heterocycles. The summed E-state index contributed by atoms with van der Waals surface area (Å²) in [6, 6.07) is 0. The lowest BCUT2D eigenvalue weighted by Gasteiger charge is -2.34. The van der Waals surface area contributed by atoms with Crippen molar-refractivity contribution in [3.05, 3.63) is 0 Å². The fourth-order valence-corrected chi connectivity index (χ4v) is 1.85. The van der Waals surface area contributed by atoms with Gasteiger partial charge in [0.15, 0.2) is 0 Å². The molecule has 1 saturated carbocycles. The van der Waals surface area contributed by atoms with Crippen molar-refractivity contribution in [2.24, 2.45) is 11.7 Å². The van der Waals surface area contributed by atoms with Crippen LogP contribution in [0, 0.1) is 5.92 Å². The maximum atomic E-state index is 12.7. The Morgan fingerprint density at radius 2 is 2.18 bits per heavy atom. The van der Waals surface area contributed by atoms with E-state index in [2.05, 4.69) is 5.32 Å². The van der Waals surface area contributed by atoms with Crippen LogP contribution < -0.4 is 11.1 Å². The van der Waals surface area contributed by atoms with Gasteiger partial charge in [0.2, 0.25) is 5.91 Å². The van der Waals surface area contributed by atoms with Crippen molar-refractivity contribution in [2.75, 3.05) is 19.7 Å². The number of rotatable bonds is 7. The van der Waals surface area contributed by atoms with Gasteiger partial charge in [0.05, 0.1) is 19.2 Å². The van der Waals surface area contributed by atoms with Gasteiger partial charge in [-0.05, 0) is 25.7 Å². The minimum Gasteiger partial charge on any atom is -0.378 e. The van der Waals surface area contributed by atoms with Crippen LogP contribution in [0.2, 0.25) is 0 Å². The van der Waals surface area contributed by atoms with Gasteiger partial charge in [0, 0.05) is 13.0 Å². The number of halogens is 2. The Hall–Kier alpha value is -0.750. The van der Waals surface area contributed by atoms with Crippen molar-refractivity contribution in [3.63, 3.8) is 0 Å². The molecule has 0 bridgehead atoms. The molecule has 0 heterocycles. The van der Waals surface area contributed by atoms with Crippen LogP contribution in [0.4, 0.5) is 8.78 Å². The summed E-state index contributed by atoms with van der Waals surface area (Å²) in [6.07, 6.45) is 2.22. The quantitative estimate of drug-likeness (QED) is 0.705. The van der Waals surface area contributed by atoms with E-state index >= 15 is 0 Å². The first-order chi connectivity index (χ1) is 7.96. The number of hydrogen-bond donors (Lipinski definition) is 2. The molecule has 4 nitrogen and oxygen atoms in total. The van der Waals surface area contributed by atoms with Crippen LogP contribution in [-0.2, 0) is 9.53 Å². The minimum atomic E-state index is -3.01. The highest BCUT2D eigenvalue weighted by Gasteiger charge is 2.32. The van der Waals surface area contributed by atoms with Gasteiger partial charge in [0.25, 0.3) is 5.92 Å². The molecule has 0 aromatic rings. The number of carbonyl (C=O) groups is 1. The number of nitrogens with one attached hydrogen (secondary N) is 1. The van der Waals surface area contributed by atoms with E-state index in [1.54, 1.807) is 0 Å². The van der Waals surface area contributed by atoms with Crippen LogP contribution in [0.15, 0.2) is 0 Å². The summed E-state index contributed by atoms with van der Waals surface area (Å²) in [5, 5.41) is 2.21. The monoisotopic (exact) mass is 250 g/mol. The second-order valence-electron chi connectivity index (χ2n) is 4.46. The SMILES string of the molecule is CCOC1CC(CC(=O)NCC(F)(F)CN)C1. The van der Waals surface area contributed by atoms with E-state index < -0.39 is 19.0 Å². The van der Waals surface area contributed by atoms with Crippen molar-refractivity contribution < 1.29 is 18.3 Å². The summed E-state index contributed by atoms with van der Waals surface area (Å²) in [6.45, 7) is 1.17. The molecule has 100 valence electrons. The minimum absolute atomic E-state index is 0.239. The molecule has 0 atom stereocenters. The summed E-state index contributed by atoms with van der Waals surface area (Å²) >= 11 is 0. The zero-order valence-corrected chi connectivity index (χ0v) is 10.0. The van der Waals surface area contributed by atoms with Crippen LogP contribution in [0.25, 0.3) is 0 Å². The molecule has 0 aliphatic heterocycles. The third kappa shape index (κ3) is 4.95. The molecule has 1 rings (SSSR count). The first kappa shape index (κ1) is 14.3. The van der Waals surface area contributed by atoms with E-state index in [1.165, 1.54) is 0 Å². The molecule has 1 aliphatic carbocycles. The van der Waals surface area contributed by atoms with E-state index in [9.17, 15) is 13.6 Å². The normalized spacial score (nSPS) is 24.2. The summed E-state index contributed by atoms with van der Waals surface area (Å²) < 4.78 is 30.9. The second-order valence-corrected chi connectivity index (χ2v) is 4.46. The third-order valence-corrected chi connectivity index (χ3v) is 2.91. The lowest BCUT2D eigenvalue weighted by atomic mass is 9.80. The second kappa shape index (κ2) is 6.26. The molecule has 6 heteroatoms.